The topological polar surface area (TPSA) is 37.6 Å². The van der Waals surface area contributed by atoms with Crippen molar-refractivity contribution in [3.8, 4) is 5.75 Å². The van der Waals surface area contributed by atoms with Crippen LogP contribution in [0.1, 0.15) is 16.2 Å². The third kappa shape index (κ3) is 4.61. The predicted molar refractivity (Wildman–Crippen MR) is 106 cm³/mol. The highest BCUT2D eigenvalue weighted by molar-refractivity contribution is 7.80. The molecule has 0 fully saturated rings. The van der Waals surface area contributed by atoms with Crippen molar-refractivity contribution in [3.63, 3.8) is 0 Å². The molecule has 0 aliphatic rings. The Bertz CT molecular complexity index is 778. The lowest BCUT2D eigenvalue weighted by Gasteiger charge is -2.25. The minimum Gasteiger partial charge on any atom is -0.495 e. The molecule has 130 valence electrons. The molecule has 1 N–H and O–H groups in total. The van der Waals surface area contributed by atoms with Crippen molar-refractivity contribution in [2.24, 2.45) is 0 Å². The summed E-state index contributed by atoms with van der Waals surface area (Å²) in [6.07, 6.45) is 1.68. The van der Waals surface area contributed by atoms with Crippen LogP contribution in [0.5, 0.6) is 5.75 Å². The van der Waals surface area contributed by atoms with Crippen LogP contribution >= 0.6 is 23.6 Å². The van der Waals surface area contributed by atoms with Crippen LogP contribution < -0.4 is 10.1 Å². The molecule has 0 saturated heterocycles. The molecule has 0 saturated carbocycles. The van der Waals surface area contributed by atoms with E-state index in [0.29, 0.717) is 11.7 Å². The summed E-state index contributed by atoms with van der Waals surface area (Å²) in [5.41, 5.74) is 2.00. The Kier molecular flexibility index (Phi) is 5.73. The molecule has 0 unspecified atom stereocenters. The number of thiocarbonyl (C=S) groups is 1. The van der Waals surface area contributed by atoms with Crippen LogP contribution in [0.15, 0.2) is 58.5 Å². The van der Waals surface area contributed by atoms with Crippen molar-refractivity contribution in [1.29, 1.82) is 0 Å². The van der Waals surface area contributed by atoms with Crippen molar-refractivity contribution >= 4 is 34.4 Å². The number of nitrogens with zero attached hydrogens (tertiary/aromatic N) is 1. The van der Waals surface area contributed by atoms with Gasteiger partial charge in [0, 0.05) is 4.88 Å². The number of anilines is 1. The molecule has 0 spiro atoms. The molecule has 0 bridgehead atoms. The Balaban J connectivity index is 1.79. The fourth-order valence-corrected chi connectivity index (χ4v) is 3.45. The molecule has 1 aromatic carbocycles. The molecule has 0 aliphatic heterocycles. The highest BCUT2D eigenvalue weighted by Gasteiger charge is 2.15. The first-order chi connectivity index (χ1) is 12.2. The van der Waals surface area contributed by atoms with E-state index in [2.05, 4.69) is 21.7 Å². The molecule has 3 rings (SSSR count). The minimum atomic E-state index is 0.602. The van der Waals surface area contributed by atoms with Gasteiger partial charge >= 0.3 is 0 Å². The van der Waals surface area contributed by atoms with E-state index in [4.69, 9.17) is 21.4 Å². The summed E-state index contributed by atoms with van der Waals surface area (Å²) < 4.78 is 10.9. The normalized spacial score (nSPS) is 10.5. The van der Waals surface area contributed by atoms with Gasteiger partial charge in [-0.15, -0.1) is 11.3 Å². The SMILES string of the molecule is COc1ccc(C)cc1NC(=S)N(Cc1ccco1)Cc1cccs1. The monoisotopic (exact) mass is 372 g/mol. The summed E-state index contributed by atoms with van der Waals surface area (Å²) in [6.45, 7) is 3.36. The van der Waals surface area contributed by atoms with E-state index in [-0.39, 0.29) is 0 Å². The van der Waals surface area contributed by atoms with Gasteiger partial charge in [-0.1, -0.05) is 12.1 Å². The van der Waals surface area contributed by atoms with Crippen molar-refractivity contribution in [2.45, 2.75) is 20.0 Å². The molecule has 0 aliphatic carbocycles. The number of benzene rings is 1. The second kappa shape index (κ2) is 8.18. The number of aryl methyl sites for hydroxylation is 1. The van der Waals surface area contributed by atoms with Crippen LogP contribution in [0.3, 0.4) is 0 Å². The third-order valence-electron chi connectivity index (χ3n) is 3.74. The fourth-order valence-electron chi connectivity index (χ4n) is 2.49. The summed E-state index contributed by atoms with van der Waals surface area (Å²) in [4.78, 5) is 3.33. The van der Waals surface area contributed by atoms with Gasteiger partial charge in [0.2, 0.25) is 0 Å². The van der Waals surface area contributed by atoms with Gasteiger partial charge in [-0.3, -0.25) is 0 Å². The lowest BCUT2D eigenvalue weighted by molar-refractivity contribution is 0.362. The summed E-state index contributed by atoms with van der Waals surface area (Å²) >= 11 is 7.39. The van der Waals surface area contributed by atoms with Crippen LogP contribution in [-0.4, -0.2) is 17.1 Å². The number of methoxy groups -OCH3 is 1. The molecule has 25 heavy (non-hydrogen) atoms. The Labute approximate surface area is 157 Å². The first kappa shape index (κ1) is 17.5. The Morgan fingerprint density at radius 1 is 1.24 bits per heavy atom. The maximum Gasteiger partial charge on any atom is 0.174 e. The zero-order chi connectivity index (χ0) is 17.6. The maximum absolute atomic E-state index is 5.68. The van der Waals surface area contributed by atoms with Gasteiger partial charge in [-0.2, -0.15) is 0 Å². The van der Waals surface area contributed by atoms with E-state index in [1.165, 1.54) is 4.88 Å². The summed E-state index contributed by atoms with van der Waals surface area (Å²) in [6, 6.07) is 14.0. The molecule has 0 amide bonds. The van der Waals surface area contributed by atoms with E-state index in [1.54, 1.807) is 24.7 Å². The molecule has 0 radical (unpaired) electrons. The van der Waals surface area contributed by atoms with Crippen molar-refractivity contribution < 1.29 is 9.15 Å². The summed E-state index contributed by atoms with van der Waals surface area (Å²) in [5.74, 6) is 1.64. The summed E-state index contributed by atoms with van der Waals surface area (Å²) in [5, 5.41) is 6.03. The third-order valence-corrected chi connectivity index (χ3v) is 4.96. The molecule has 3 aromatic rings. The zero-order valence-corrected chi connectivity index (χ0v) is 15.8. The number of rotatable bonds is 6. The average molecular weight is 373 g/mol. The lowest BCUT2D eigenvalue weighted by Crippen LogP contribution is -2.33. The Hall–Kier alpha value is -2.31. The predicted octanol–water partition coefficient (Wildman–Crippen LogP) is 5.06. The smallest absolute Gasteiger partial charge is 0.174 e. The van der Waals surface area contributed by atoms with E-state index in [0.717, 1.165) is 29.3 Å². The molecule has 4 nitrogen and oxygen atoms in total. The van der Waals surface area contributed by atoms with Gasteiger partial charge in [0.1, 0.15) is 11.5 Å². The van der Waals surface area contributed by atoms with E-state index in [1.807, 2.05) is 43.3 Å². The Morgan fingerprint density at radius 3 is 2.80 bits per heavy atom. The number of ether oxygens (including phenoxy) is 1. The number of hydrogen-bond acceptors (Lipinski definition) is 4. The average Bonchev–Trinajstić information content (AvgIpc) is 3.28. The molecular weight excluding hydrogens is 352 g/mol. The van der Waals surface area contributed by atoms with E-state index >= 15 is 0 Å². The van der Waals surface area contributed by atoms with Crippen LogP contribution in [0.2, 0.25) is 0 Å². The number of thiophene rings is 1. The van der Waals surface area contributed by atoms with Gasteiger partial charge < -0.3 is 19.4 Å². The first-order valence-electron chi connectivity index (χ1n) is 7.91. The van der Waals surface area contributed by atoms with Crippen LogP contribution in [0.25, 0.3) is 0 Å². The van der Waals surface area contributed by atoms with Crippen molar-refractivity contribution in [3.05, 3.63) is 70.3 Å². The zero-order valence-electron chi connectivity index (χ0n) is 14.2. The number of hydrogen-bond donors (Lipinski definition) is 1. The van der Waals surface area contributed by atoms with E-state index in [9.17, 15) is 0 Å². The minimum absolute atomic E-state index is 0.602. The maximum atomic E-state index is 5.68. The highest BCUT2D eigenvalue weighted by Crippen LogP contribution is 2.26. The van der Waals surface area contributed by atoms with Crippen LogP contribution in [0, 0.1) is 6.92 Å². The largest absolute Gasteiger partial charge is 0.495 e. The molecule has 0 atom stereocenters. The molecular formula is C19H20N2O2S2. The van der Waals surface area contributed by atoms with Gasteiger partial charge in [0.25, 0.3) is 0 Å². The molecule has 2 aromatic heterocycles. The second-order valence-corrected chi connectivity index (χ2v) is 7.07. The number of furan rings is 1. The van der Waals surface area contributed by atoms with Crippen molar-refractivity contribution in [2.75, 3.05) is 12.4 Å². The highest BCUT2D eigenvalue weighted by atomic mass is 32.1. The molecule has 2 heterocycles. The lowest BCUT2D eigenvalue weighted by atomic mass is 10.2. The van der Waals surface area contributed by atoms with Crippen molar-refractivity contribution in [1.82, 2.24) is 4.90 Å². The van der Waals surface area contributed by atoms with Gasteiger partial charge in [0.05, 0.1) is 32.1 Å². The van der Waals surface area contributed by atoms with Crippen LogP contribution in [0.4, 0.5) is 5.69 Å². The molecule has 6 heteroatoms. The standard InChI is InChI=1S/C19H20N2O2S2/c1-14-7-8-18(22-2)17(11-14)20-19(24)21(12-15-5-3-9-23-15)13-16-6-4-10-25-16/h3-11H,12-13H2,1-2H3,(H,20,24). The van der Waals surface area contributed by atoms with Gasteiger partial charge in [-0.25, -0.2) is 0 Å². The summed E-state index contributed by atoms with van der Waals surface area (Å²) in [7, 11) is 1.66. The quantitative estimate of drug-likeness (QED) is 0.612. The second-order valence-electron chi connectivity index (χ2n) is 5.65. The Morgan fingerprint density at radius 2 is 2.12 bits per heavy atom. The first-order valence-corrected chi connectivity index (χ1v) is 9.20. The van der Waals surface area contributed by atoms with Gasteiger partial charge in [0.15, 0.2) is 5.11 Å². The van der Waals surface area contributed by atoms with Crippen LogP contribution in [-0.2, 0) is 13.1 Å². The van der Waals surface area contributed by atoms with E-state index < -0.39 is 0 Å². The fraction of sp³-hybridized carbons (Fsp3) is 0.211. The van der Waals surface area contributed by atoms with Gasteiger partial charge in [-0.05, 0) is 60.4 Å². The number of nitrogens with one attached hydrogen (secondary N) is 1.